The Morgan fingerprint density at radius 1 is 1.08 bits per heavy atom. The Labute approximate surface area is 142 Å². The molecule has 0 fully saturated rings. The quantitative estimate of drug-likeness (QED) is 0.836. The van der Waals surface area contributed by atoms with Gasteiger partial charge in [-0.1, -0.05) is 18.2 Å². The predicted octanol–water partition coefficient (Wildman–Crippen LogP) is 3.80. The first-order valence-electron chi connectivity index (χ1n) is 7.36. The Morgan fingerprint density at radius 3 is 2.32 bits per heavy atom. The summed E-state index contributed by atoms with van der Waals surface area (Å²) in [6, 6.07) is 10.3. The molecule has 0 saturated carbocycles. The molecule has 7 heteroatoms. The van der Waals surface area contributed by atoms with Gasteiger partial charge in [0.05, 0.1) is 14.2 Å². The van der Waals surface area contributed by atoms with Crippen LogP contribution < -0.4 is 19.5 Å². The number of anilines is 1. The summed E-state index contributed by atoms with van der Waals surface area (Å²) in [5.74, 6) is -0.276. The van der Waals surface area contributed by atoms with Gasteiger partial charge in [0.1, 0.15) is 0 Å². The molecule has 1 amide bonds. The lowest BCUT2D eigenvalue weighted by Crippen LogP contribution is -2.06. The number of carbonyl (C=O) groups excluding carboxylic acids is 1. The zero-order chi connectivity index (χ0) is 18.0. The monoisotopic (exact) mass is 347 g/mol. The normalized spacial score (nSPS) is 14.4. The van der Waals surface area contributed by atoms with E-state index in [0.29, 0.717) is 11.1 Å². The van der Waals surface area contributed by atoms with E-state index in [0.717, 1.165) is 11.3 Å². The SMILES string of the molecule is COc1cc(/C=C2/C(=O)Nc3ccccc32)cc(OC)c1OC(F)F. The number of amides is 1. The van der Waals surface area contributed by atoms with Crippen LogP contribution in [0.4, 0.5) is 14.5 Å². The van der Waals surface area contributed by atoms with Crippen LogP contribution in [0.25, 0.3) is 11.6 Å². The highest BCUT2D eigenvalue weighted by atomic mass is 19.3. The van der Waals surface area contributed by atoms with Crippen molar-refractivity contribution < 1.29 is 27.8 Å². The smallest absolute Gasteiger partial charge is 0.387 e. The van der Waals surface area contributed by atoms with Crippen molar-refractivity contribution in [2.24, 2.45) is 0 Å². The fourth-order valence-corrected chi connectivity index (χ4v) is 2.64. The Kier molecular flexibility index (Phi) is 4.56. The molecule has 0 bridgehead atoms. The summed E-state index contributed by atoms with van der Waals surface area (Å²) in [5.41, 5.74) is 2.49. The predicted molar refractivity (Wildman–Crippen MR) is 89.1 cm³/mol. The maximum absolute atomic E-state index is 12.6. The third kappa shape index (κ3) is 3.26. The molecule has 1 aliphatic rings. The molecule has 2 aromatic rings. The van der Waals surface area contributed by atoms with Crippen LogP contribution in [0.15, 0.2) is 36.4 Å². The Bertz CT molecular complexity index is 824. The first-order chi connectivity index (χ1) is 12.0. The molecule has 0 unspecified atom stereocenters. The van der Waals surface area contributed by atoms with Crippen molar-refractivity contribution in [2.75, 3.05) is 19.5 Å². The van der Waals surface area contributed by atoms with E-state index in [9.17, 15) is 13.6 Å². The van der Waals surface area contributed by atoms with Crippen molar-refractivity contribution in [3.05, 3.63) is 47.5 Å². The number of alkyl halides is 2. The van der Waals surface area contributed by atoms with Crippen LogP contribution in [0.3, 0.4) is 0 Å². The third-order valence-corrected chi connectivity index (χ3v) is 3.71. The molecule has 0 aromatic heterocycles. The molecule has 0 spiro atoms. The van der Waals surface area contributed by atoms with Gasteiger partial charge in [-0.25, -0.2) is 0 Å². The zero-order valence-electron chi connectivity index (χ0n) is 13.5. The number of hydrogen-bond acceptors (Lipinski definition) is 4. The van der Waals surface area contributed by atoms with Gasteiger partial charge in [0.15, 0.2) is 11.5 Å². The average molecular weight is 347 g/mol. The van der Waals surface area contributed by atoms with E-state index in [2.05, 4.69) is 10.1 Å². The number of para-hydroxylation sites is 1. The van der Waals surface area contributed by atoms with Crippen molar-refractivity contribution in [3.63, 3.8) is 0 Å². The average Bonchev–Trinajstić information content (AvgIpc) is 2.91. The third-order valence-electron chi connectivity index (χ3n) is 3.71. The van der Waals surface area contributed by atoms with Gasteiger partial charge in [-0.3, -0.25) is 4.79 Å². The second-order valence-electron chi connectivity index (χ2n) is 5.19. The van der Waals surface area contributed by atoms with Gasteiger partial charge in [0.25, 0.3) is 5.91 Å². The van der Waals surface area contributed by atoms with Gasteiger partial charge in [-0.05, 0) is 29.8 Å². The topological polar surface area (TPSA) is 56.8 Å². The molecule has 2 aromatic carbocycles. The van der Waals surface area contributed by atoms with Crippen molar-refractivity contribution in [1.82, 2.24) is 0 Å². The van der Waals surface area contributed by atoms with Crippen molar-refractivity contribution in [2.45, 2.75) is 6.61 Å². The maximum atomic E-state index is 12.6. The number of rotatable bonds is 5. The van der Waals surface area contributed by atoms with Crippen LogP contribution in [0, 0.1) is 0 Å². The number of benzene rings is 2. The minimum atomic E-state index is -3.01. The van der Waals surface area contributed by atoms with E-state index in [1.807, 2.05) is 18.2 Å². The van der Waals surface area contributed by atoms with Gasteiger partial charge in [0.2, 0.25) is 5.75 Å². The number of nitrogens with one attached hydrogen (secondary N) is 1. The van der Waals surface area contributed by atoms with Crippen LogP contribution in [-0.2, 0) is 4.79 Å². The number of fused-ring (bicyclic) bond motifs is 1. The minimum Gasteiger partial charge on any atom is -0.493 e. The highest BCUT2D eigenvalue weighted by Crippen LogP contribution is 2.41. The number of methoxy groups -OCH3 is 2. The van der Waals surface area contributed by atoms with Crippen molar-refractivity contribution >= 4 is 23.2 Å². The van der Waals surface area contributed by atoms with Crippen LogP contribution in [0.1, 0.15) is 11.1 Å². The van der Waals surface area contributed by atoms with E-state index < -0.39 is 6.61 Å². The molecule has 25 heavy (non-hydrogen) atoms. The van der Waals surface area contributed by atoms with E-state index >= 15 is 0 Å². The number of hydrogen-bond donors (Lipinski definition) is 1. The van der Waals surface area contributed by atoms with Crippen LogP contribution in [-0.4, -0.2) is 26.7 Å². The summed E-state index contributed by atoms with van der Waals surface area (Å²) in [6.45, 7) is -3.01. The van der Waals surface area contributed by atoms with E-state index in [4.69, 9.17) is 9.47 Å². The van der Waals surface area contributed by atoms with Crippen LogP contribution >= 0.6 is 0 Å². The highest BCUT2D eigenvalue weighted by Gasteiger charge is 2.24. The summed E-state index contributed by atoms with van der Waals surface area (Å²) >= 11 is 0. The summed E-state index contributed by atoms with van der Waals surface area (Å²) in [5, 5.41) is 2.77. The van der Waals surface area contributed by atoms with Gasteiger partial charge < -0.3 is 19.5 Å². The lowest BCUT2D eigenvalue weighted by molar-refractivity contribution is -0.110. The van der Waals surface area contributed by atoms with E-state index in [-0.39, 0.29) is 23.2 Å². The standard InChI is InChI=1S/C18H15F2NO4/c1-23-14-8-10(9-15(24-2)16(14)25-18(19)20)7-12-11-5-3-4-6-13(11)21-17(12)22/h3-9,18H,1-2H3,(H,21,22)/b12-7+. The molecule has 130 valence electrons. The number of halogens is 2. The Morgan fingerprint density at radius 2 is 1.72 bits per heavy atom. The van der Waals surface area contributed by atoms with Crippen molar-refractivity contribution in [3.8, 4) is 17.2 Å². The van der Waals surface area contributed by atoms with Crippen LogP contribution in [0.2, 0.25) is 0 Å². The summed E-state index contributed by atoms with van der Waals surface area (Å²) < 4.78 is 39.9. The molecule has 0 aliphatic carbocycles. The maximum Gasteiger partial charge on any atom is 0.387 e. The second-order valence-corrected chi connectivity index (χ2v) is 5.19. The first kappa shape index (κ1) is 16.8. The van der Waals surface area contributed by atoms with E-state index in [1.54, 1.807) is 12.1 Å². The van der Waals surface area contributed by atoms with Crippen molar-refractivity contribution in [1.29, 1.82) is 0 Å². The van der Waals surface area contributed by atoms with Gasteiger partial charge in [0, 0.05) is 16.8 Å². The van der Waals surface area contributed by atoms with Gasteiger partial charge in [-0.15, -0.1) is 0 Å². The highest BCUT2D eigenvalue weighted by molar-refractivity contribution is 6.34. The first-order valence-corrected chi connectivity index (χ1v) is 7.36. The number of carbonyl (C=O) groups is 1. The summed E-state index contributed by atoms with van der Waals surface area (Å²) in [7, 11) is 2.67. The van der Waals surface area contributed by atoms with Gasteiger partial charge in [-0.2, -0.15) is 8.78 Å². The molecule has 1 heterocycles. The fourth-order valence-electron chi connectivity index (χ4n) is 2.64. The number of ether oxygens (including phenoxy) is 3. The lowest BCUT2D eigenvalue weighted by atomic mass is 10.0. The molecule has 1 aliphatic heterocycles. The Hall–Kier alpha value is -3.09. The minimum absolute atomic E-state index is 0.0817. The zero-order valence-corrected chi connectivity index (χ0v) is 13.5. The molecule has 0 saturated heterocycles. The molecule has 0 atom stereocenters. The molecule has 5 nitrogen and oxygen atoms in total. The molecule has 3 rings (SSSR count). The van der Waals surface area contributed by atoms with Gasteiger partial charge >= 0.3 is 6.61 Å². The summed E-state index contributed by atoms with van der Waals surface area (Å²) in [4.78, 5) is 12.2. The summed E-state index contributed by atoms with van der Waals surface area (Å²) in [6.07, 6.45) is 1.64. The molecular formula is C18H15F2NO4. The Balaban J connectivity index is 2.08. The van der Waals surface area contributed by atoms with E-state index in [1.165, 1.54) is 26.4 Å². The van der Waals surface area contributed by atoms with Crippen LogP contribution in [0.5, 0.6) is 17.2 Å². The molecule has 1 N–H and O–H groups in total. The second kappa shape index (κ2) is 6.80. The molecular weight excluding hydrogens is 332 g/mol. The largest absolute Gasteiger partial charge is 0.493 e. The molecule has 0 radical (unpaired) electrons. The lowest BCUT2D eigenvalue weighted by Gasteiger charge is -2.14. The fraction of sp³-hybridized carbons (Fsp3) is 0.167.